The van der Waals surface area contributed by atoms with Crippen LogP contribution in [0.2, 0.25) is 0 Å². The third kappa shape index (κ3) is 3.15. The second-order valence-corrected chi connectivity index (χ2v) is 8.10. The van der Waals surface area contributed by atoms with Crippen LogP contribution in [0.15, 0.2) is 66.7 Å². The lowest BCUT2D eigenvalue weighted by Crippen LogP contribution is -2.07. The fourth-order valence-electron chi connectivity index (χ4n) is 3.75. The van der Waals surface area contributed by atoms with E-state index in [2.05, 4.69) is 16.0 Å². The third-order valence-electron chi connectivity index (χ3n) is 5.15. The first-order chi connectivity index (χ1) is 15.4. The van der Waals surface area contributed by atoms with Gasteiger partial charge in [0.25, 0.3) is 0 Å². The summed E-state index contributed by atoms with van der Waals surface area (Å²) in [5, 5.41) is 9.60. The molecule has 3 aromatic heterocycles. The van der Waals surface area contributed by atoms with Crippen molar-refractivity contribution in [1.82, 2.24) is 9.97 Å². The van der Waals surface area contributed by atoms with Crippen LogP contribution in [0.4, 0.5) is 19.0 Å². The van der Waals surface area contributed by atoms with Gasteiger partial charge in [0, 0.05) is 11.1 Å². The maximum absolute atomic E-state index is 14.2. The van der Waals surface area contributed by atoms with Crippen molar-refractivity contribution in [1.29, 1.82) is 5.26 Å². The highest BCUT2D eigenvalue weighted by atomic mass is 32.1. The Morgan fingerprint density at radius 1 is 0.906 bits per heavy atom. The summed E-state index contributed by atoms with van der Waals surface area (Å²) >= 11 is 1.08. The maximum Gasteiger partial charge on any atom is 0.417 e. The van der Waals surface area contributed by atoms with E-state index in [9.17, 15) is 18.4 Å². The average Bonchev–Trinajstić information content (AvgIpc) is 3.15. The summed E-state index contributed by atoms with van der Waals surface area (Å²) in [4.78, 5) is 8.94. The SMILES string of the molecule is N#Cc1c(N)nc2c(sc3nc(-c4ccccc4)cc(C(F)(F)F)c32)c1-c1ccccc1. The predicted molar refractivity (Wildman–Crippen MR) is 120 cm³/mol. The van der Waals surface area contributed by atoms with Crippen LogP contribution in [0.5, 0.6) is 0 Å². The highest BCUT2D eigenvalue weighted by Gasteiger charge is 2.36. The molecule has 156 valence electrons. The number of fused-ring (bicyclic) bond motifs is 3. The van der Waals surface area contributed by atoms with Crippen molar-refractivity contribution in [2.24, 2.45) is 0 Å². The molecule has 0 atom stereocenters. The van der Waals surface area contributed by atoms with Crippen molar-refractivity contribution in [2.75, 3.05) is 5.73 Å². The van der Waals surface area contributed by atoms with Crippen molar-refractivity contribution in [3.8, 4) is 28.5 Å². The van der Waals surface area contributed by atoms with Crippen molar-refractivity contribution in [3.05, 3.63) is 77.9 Å². The number of nitrogens with zero attached hydrogens (tertiary/aromatic N) is 3. The van der Waals surface area contributed by atoms with Crippen molar-refractivity contribution >= 4 is 37.6 Å². The van der Waals surface area contributed by atoms with E-state index in [1.54, 1.807) is 54.6 Å². The first-order valence-corrected chi connectivity index (χ1v) is 10.3. The van der Waals surface area contributed by atoms with E-state index >= 15 is 0 Å². The van der Waals surface area contributed by atoms with E-state index in [1.807, 2.05) is 6.07 Å². The lowest BCUT2D eigenvalue weighted by Gasteiger charge is -2.11. The molecule has 0 aliphatic rings. The predicted octanol–water partition coefficient (Wildman–Crippen LogP) is 6.65. The summed E-state index contributed by atoms with van der Waals surface area (Å²) in [7, 11) is 0. The first kappa shape index (κ1) is 20.0. The lowest BCUT2D eigenvalue weighted by atomic mass is 9.99. The first-order valence-electron chi connectivity index (χ1n) is 9.53. The Labute approximate surface area is 184 Å². The Morgan fingerprint density at radius 2 is 1.53 bits per heavy atom. The summed E-state index contributed by atoms with van der Waals surface area (Å²) in [5.41, 5.74) is 7.36. The van der Waals surface area contributed by atoms with Crippen LogP contribution >= 0.6 is 11.3 Å². The molecule has 0 saturated carbocycles. The molecule has 2 aromatic carbocycles. The van der Waals surface area contributed by atoms with Crippen LogP contribution in [-0.4, -0.2) is 9.97 Å². The fourth-order valence-corrected chi connectivity index (χ4v) is 4.96. The van der Waals surface area contributed by atoms with Crippen LogP contribution < -0.4 is 5.73 Å². The van der Waals surface area contributed by atoms with E-state index in [-0.39, 0.29) is 32.8 Å². The van der Waals surface area contributed by atoms with Crippen LogP contribution in [0.1, 0.15) is 11.1 Å². The molecule has 0 unspecified atom stereocenters. The molecule has 5 rings (SSSR count). The number of halogens is 3. The Kier molecular flexibility index (Phi) is 4.57. The van der Waals surface area contributed by atoms with Crippen LogP contribution in [0, 0.1) is 11.3 Å². The lowest BCUT2D eigenvalue weighted by molar-refractivity contribution is -0.136. The number of rotatable bonds is 2. The van der Waals surface area contributed by atoms with Gasteiger partial charge in [-0.05, 0) is 11.6 Å². The van der Waals surface area contributed by atoms with Gasteiger partial charge in [-0.3, -0.25) is 0 Å². The molecule has 0 aliphatic heterocycles. The van der Waals surface area contributed by atoms with E-state index in [1.165, 1.54) is 0 Å². The van der Waals surface area contributed by atoms with Gasteiger partial charge >= 0.3 is 6.18 Å². The van der Waals surface area contributed by atoms with Gasteiger partial charge in [0.2, 0.25) is 0 Å². The van der Waals surface area contributed by atoms with E-state index in [0.29, 0.717) is 21.4 Å². The molecule has 0 bridgehead atoms. The monoisotopic (exact) mass is 446 g/mol. The average molecular weight is 446 g/mol. The Bertz CT molecular complexity index is 1520. The molecule has 32 heavy (non-hydrogen) atoms. The number of thiophene rings is 1. The number of anilines is 1. The molecule has 3 heterocycles. The number of alkyl halides is 3. The molecular weight excluding hydrogens is 433 g/mol. The number of hydrogen-bond acceptors (Lipinski definition) is 5. The minimum atomic E-state index is -4.63. The Morgan fingerprint density at radius 3 is 2.12 bits per heavy atom. The molecule has 2 N–H and O–H groups in total. The second-order valence-electron chi connectivity index (χ2n) is 7.10. The number of nitrogen functional groups attached to an aromatic ring is 1. The highest BCUT2D eigenvalue weighted by molar-refractivity contribution is 7.26. The molecule has 0 aliphatic carbocycles. The Hall–Kier alpha value is -3.96. The molecule has 0 spiro atoms. The molecule has 8 heteroatoms. The van der Waals surface area contributed by atoms with Crippen molar-refractivity contribution in [2.45, 2.75) is 6.18 Å². The quantitative estimate of drug-likeness (QED) is 0.329. The number of nitriles is 1. The summed E-state index contributed by atoms with van der Waals surface area (Å²) in [6, 6.07) is 20.8. The normalized spacial score (nSPS) is 11.7. The zero-order valence-electron chi connectivity index (χ0n) is 16.3. The molecule has 0 amide bonds. The largest absolute Gasteiger partial charge is 0.417 e. The van der Waals surface area contributed by atoms with Gasteiger partial charge in [-0.15, -0.1) is 11.3 Å². The topological polar surface area (TPSA) is 75.6 Å². The van der Waals surface area contributed by atoms with Crippen molar-refractivity contribution in [3.63, 3.8) is 0 Å². The molecule has 0 saturated heterocycles. The van der Waals surface area contributed by atoms with Gasteiger partial charge in [-0.2, -0.15) is 18.4 Å². The highest BCUT2D eigenvalue weighted by Crippen LogP contribution is 2.46. The smallest absolute Gasteiger partial charge is 0.383 e. The van der Waals surface area contributed by atoms with Gasteiger partial charge in [0.1, 0.15) is 22.3 Å². The summed E-state index contributed by atoms with van der Waals surface area (Å²) in [6.45, 7) is 0. The molecular formula is C24H13F3N4S. The Balaban J connectivity index is 1.95. The maximum atomic E-state index is 14.2. The molecule has 0 radical (unpaired) electrons. The zero-order valence-corrected chi connectivity index (χ0v) is 17.1. The third-order valence-corrected chi connectivity index (χ3v) is 6.24. The van der Waals surface area contributed by atoms with Crippen LogP contribution in [0.25, 0.3) is 42.8 Å². The minimum absolute atomic E-state index is 0.0970. The van der Waals surface area contributed by atoms with Crippen LogP contribution in [-0.2, 0) is 6.18 Å². The molecule has 0 fully saturated rings. The van der Waals surface area contributed by atoms with Gasteiger partial charge in [-0.1, -0.05) is 60.7 Å². The fraction of sp³-hybridized carbons (Fsp3) is 0.0417. The van der Waals surface area contributed by atoms with E-state index < -0.39 is 11.7 Å². The van der Waals surface area contributed by atoms with Gasteiger partial charge in [0.05, 0.1) is 26.9 Å². The van der Waals surface area contributed by atoms with E-state index in [0.717, 1.165) is 17.4 Å². The summed E-state index contributed by atoms with van der Waals surface area (Å²) in [6.07, 6.45) is -4.63. The summed E-state index contributed by atoms with van der Waals surface area (Å²) in [5.74, 6) is -0.112. The zero-order chi connectivity index (χ0) is 22.5. The minimum Gasteiger partial charge on any atom is -0.383 e. The van der Waals surface area contributed by atoms with E-state index in [4.69, 9.17) is 5.73 Å². The summed E-state index contributed by atoms with van der Waals surface area (Å²) < 4.78 is 42.9. The number of aromatic nitrogens is 2. The van der Waals surface area contributed by atoms with Gasteiger partial charge < -0.3 is 5.73 Å². The number of hydrogen-bond donors (Lipinski definition) is 1. The second kappa shape index (κ2) is 7.32. The van der Waals surface area contributed by atoms with Crippen LogP contribution in [0.3, 0.4) is 0 Å². The van der Waals surface area contributed by atoms with Crippen molar-refractivity contribution < 1.29 is 13.2 Å². The molecule has 5 aromatic rings. The standard InChI is InChI=1S/C24H13F3N4S/c25-24(26,27)16-11-17(13-7-3-1-4-8-13)30-23-19(16)20-21(32-23)18(14-9-5-2-6-10-14)15(12-28)22(29)31-20/h1-11H,(H2,29,31). The van der Waals surface area contributed by atoms with Gasteiger partial charge in [0.15, 0.2) is 0 Å². The number of pyridine rings is 2. The van der Waals surface area contributed by atoms with Gasteiger partial charge in [-0.25, -0.2) is 9.97 Å². The number of benzene rings is 2. The number of nitrogens with two attached hydrogens (primary N) is 1. The molecule has 4 nitrogen and oxygen atoms in total.